The van der Waals surface area contributed by atoms with Crippen LogP contribution in [0, 0.1) is 5.92 Å². The number of hydrogen-bond donors (Lipinski definition) is 1. The number of hydrogen-bond acceptors (Lipinski definition) is 3. The quantitative estimate of drug-likeness (QED) is 0.771. The van der Waals surface area contributed by atoms with Gasteiger partial charge in [-0.1, -0.05) is 39.2 Å². The molecule has 1 saturated carbocycles. The van der Waals surface area contributed by atoms with Crippen LogP contribution in [0.2, 0.25) is 0 Å². The Hall–Kier alpha value is -1.55. The summed E-state index contributed by atoms with van der Waals surface area (Å²) < 4.78 is 5.75. The van der Waals surface area contributed by atoms with E-state index in [-0.39, 0.29) is 5.91 Å². The molecule has 0 saturated heterocycles. The lowest BCUT2D eigenvalue weighted by molar-refractivity contribution is -0.117. The first-order valence-corrected chi connectivity index (χ1v) is 9.27. The van der Waals surface area contributed by atoms with E-state index in [1.807, 2.05) is 24.3 Å². The molecule has 4 heteroatoms. The van der Waals surface area contributed by atoms with Crippen molar-refractivity contribution in [2.24, 2.45) is 5.92 Å². The summed E-state index contributed by atoms with van der Waals surface area (Å²) in [6.45, 7) is 5.52. The van der Waals surface area contributed by atoms with Gasteiger partial charge in [0.2, 0.25) is 5.91 Å². The number of ether oxygens (including phenoxy) is 1. The Balaban J connectivity index is 1.80. The molecule has 0 radical (unpaired) electrons. The molecule has 1 amide bonds. The van der Waals surface area contributed by atoms with Crippen molar-refractivity contribution < 1.29 is 9.53 Å². The van der Waals surface area contributed by atoms with E-state index in [2.05, 4.69) is 31.1 Å². The second-order valence-corrected chi connectivity index (χ2v) is 7.31. The first kappa shape index (κ1) is 18.8. The Kier molecular flexibility index (Phi) is 7.57. The number of carbonyl (C=O) groups excluding carboxylic acids is 1. The molecule has 4 nitrogen and oxygen atoms in total. The van der Waals surface area contributed by atoms with E-state index >= 15 is 0 Å². The number of carbonyl (C=O) groups is 1. The lowest BCUT2D eigenvalue weighted by Gasteiger charge is -2.30. The molecule has 1 aliphatic carbocycles. The molecule has 1 fully saturated rings. The molecule has 0 atom stereocenters. The van der Waals surface area contributed by atoms with Crippen molar-refractivity contribution >= 4 is 11.6 Å². The van der Waals surface area contributed by atoms with Crippen molar-refractivity contribution in [3.8, 4) is 5.75 Å². The summed E-state index contributed by atoms with van der Waals surface area (Å²) in [4.78, 5) is 14.5. The third-order valence-electron chi connectivity index (χ3n) is 4.67. The summed E-state index contributed by atoms with van der Waals surface area (Å²) in [5, 5.41) is 2.99. The fourth-order valence-electron chi connectivity index (χ4n) is 3.15. The van der Waals surface area contributed by atoms with Crippen molar-refractivity contribution in [2.75, 3.05) is 25.5 Å². The van der Waals surface area contributed by atoms with Crippen LogP contribution < -0.4 is 10.1 Å². The van der Waals surface area contributed by atoms with E-state index < -0.39 is 0 Å². The van der Waals surface area contributed by atoms with Gasteiger partial charge < -0.3 is 10.1 Å². The highest BCUT2D eigenvalue weighted by Gasteiger charge is 2.19. The highest BCUT2D eigenvalue weighted by atomic mass is 16.5. The van der Waals surface area contributed by atoms with Crippen molar-refractivity contribution in [1.29, 1.82) is 0 Å². The van der Waals surface area contributed by atoms with Crippen LogP contribution in [0.25, 0.3) is 0 Å². The lowest BCUT2D eigenvalue weighted by atomic mass is 9.94. The predicted molar refractivity (Wildman–Crippen MR) is 99.5 cm³/mol. The molecule has 1 N–H and O–H groups in total. The number of benzene rings is 1. The van der Waals surface area contributed by atoms with Crippen molar-refractivity contribution in [1.82, 2.24) is 4.90 Å². The zero-order chi connectivity index (χ0) is 17.4. The van der Waals surface area contributed by atoms with Crippen LogP contribution in [0.5, 0.6) is 5.75 Å². The van der Waals surface area contributed by atoms with Gasteiger partial charge in [0.15, 0.2) is 0 Å². The molecular weight excluding hydrogens is 300 g/mol. The Morgan fingerprint density at radius 1 is 1.29 bits per heavy atom. The molecule has 0 spiro atoms. The lowest BCUT2D eigenvalue weighted by Crippen LogP contribution is -2.39. The number of anilines is 1. The van der Waals surface area contributed by atoms with Crippen LogP contribution >= 0.6 is 0 Å². The van der Waals surface area contributed by atoms with Gasteiger partial charge in [0.25, 0.3) is 0 Å². The van der Waals surface area contributed by atoms with Gasteiger partial charge in [-0.2, -0.15) is 0 Å². The highest BCUT2D eigenvalue weighted by molar-refractivity contribution is 5.92. The fraction of sp³-hybridized carbons (Fsp3) is 0.650. The third-order valence-corrected chi connectivity index (χ3v) is 4.67. The maximum Gasteiger partial charge on any atom is 0.238 e. The van der Waals surface area contributed by atoms with E-state index in [0.717, 1.165) is 17.9 Å². The van der Waals surface area contributed by atoms with Crippen LogP contribution in [-0.4, -0.2) is 37.0 Å². The Bertz CT molecular complexity index is 510. The molecule has 0 unspecified atom stereocenters. The standard InChI is InChI=1S/C20H32N2O2/c1-16(2)12-13-24-19-11-7-8-17(14-19)21-20(23)15-22(3)18-9-5-4-6-10-18/h7-8,11,14,16,18H,4-6,9-10,12-13,15H2,1-3H3,(H,21,23). The van der Waals surface area contributed by atoms with Gasteiger partial charge in [-0.05, 0) is 44.4 Å². The largest absolute Gasteiger partial charge is 0.494 e. The van der Waals surface area contributed by atoms with Gasteiger partial charge in [0.1, 0.15) is 5.75 Å². The van der Waals surface area contributed by atoms with Gasteiger partial charge in [0, 0.05) is 17.8 Å². The number of rotatable bonds is 8. The van der Waals surface area contributed by atoms with Gasteiger partial charge in [-0.3, -0.25) is 9.69 Å². The first-order valence-electron chi connectivity index (χ1n) is 9.27. The fourth-order valence-corrected chi connectivity index (χ4v) is 3.15. The third kappa shape index (κ3) is 6.52. The Labute approximate surface area is 146 Å². The van der Waals surface area contributed by atoms with Crippen LogP contribution in [-0.2, 0) is 4.79 Å². The first-order chi connectivity index (χ1) is 11.5. The van der Waals surface area contributed by atoms with Gasteiger partial charge in [0.05, 0.1) is 13.2 Å². The number of likely N-dealkylation sites (N-methyl/N-ethyl adjacent to an activating group) is 1. The summed E-state index contributed by atoms with van der Waals surface area (Å²) in [5.74, 6) is 1.49. The van der Waals surface area contributed by atoms with Gasteiger partial charge >= 0.3 is 0 Å². The molecule has 0 aliphatic heterocycles. The summed E-state index contributed by atoms with van der Waals surface area (Å²) in [6.07, 6.45) is 7.35. The number of nitrogens with one attached hydrogen (secondary N) is 1. The van der Waals surface area contributed by atoms with Crippen LogP contribution in [0.1, 0.15) is 52.4 Å². The van der Waals surface area contributed by atoms with E-state index in [1.165, 1.54) is 32.1 Å². The maximum absolute atomic E-state index is 12.3. The SMILES string of the molecule is CC(C)CCOc1cccc(NC(=O)CN(C)C2CCCCC2)c1. The summed E-state index contributed by atoms with van der Waals surface area (Å²) in [7, 11) is 2.06. The van der Waals surface area contributed by atoms with Crippen LogP contribution in [0.4, 0.5) is 5.69 Å². The number of nitrogens with zero attached hydrogens (tertiary/aromatic N) is 1. The smallest absolute Gasteiger partial charge is 0.238 e. The molecule has 0 bridgehead atoms. The second-order valence-electron chi connectivity index (χ2n) is 7.31. The molecule has 24 heavy (non-hydrogen) atoms. The minimum atomic E-state index is 0.0439. The van der Waals surface area contributed by atoms with Crippen LogP contribution in [0.15, 0.2) is 24.3 Å². The van der Waals surface area contributed by atoms with Crippen molar-refractivity contribution in [3.05, 3.63) is 24.3 Å². The molecule has 1 aromatic carbocycles. The summed E-state index contributed by atoms with van der Waals surface area (Å²) >= 11 is 0. The van der Waals surface area contributed by atoms with Crippen LogP contribution in [0.3, 0.4) is 0 Å². The summed E-state index contributed by atoms with van der Waals surface area (Å²) in [6, 6.07) is 8.22. The minimum absolute atomic E-state index is 0.0439. The topological polar surface area (TPSA) is 41.6 Å². The monoisotopic (exact) mass is 332 g/mol. The molecule has 134 valence electrons. The zero-order valence-corrected chi connectivity index (χ0v) is 15.4. The Morgan fingerprint density at radius 3 is 2.75 bits per heavy atom. The molecule has 0 heterocycles. The molecule has 1 aliphatic rings. The van der Waals surface area contributed by atoms with Gasteiger partial charge in [-0.25, -0.2) is 0 Å². The second kappa shape index (κ2) is 9.67. The molecular formula is C20H32N2O2. The Morgan fingerprint density at radius 2 is 2.04 bits per heavy atom. The van der Waals surface area contributed by atoms with E-state index in [4.69, 9.17) is 4.74 Å². The number of amides is 1. The van der Waals surface area contributed by atoms with Gasteiger partial charge in [-0.15, -0.1) is 0 Å². The average molecular weight is 332 g/mol. The normalized spacial score (nSPS) is 15.7. The summed E-state index contributed by atoms with van der Waals surface area (Å²) in [5.41, 5.74) is 0.805. The van der Waals surface area contributed by atoms with E-state index in [0.29, 0.717) is 25.1 Å². The minimum Gasteiger partial charge on any atom is -0.494 e. The molecule has 2 rings (SSSR count). The van der Waals surface area contributed by atoms with Crippen molar-refractivity contribution in [3.63, 3.8) is 0 Å². The average Bonchev–Trinajstić information content (AvgIpc) is 2.55. The maximum atomic E-state index is 12.3. The molecule has 0 aromatic heterocycles. The van der Waals surface area contributed by atoms with E-state index in [9.17, 15) is 4.79 Å². The highest BCUT2D eigenvalue weighted by Crippen LogP contribution is 2.22. The van der Waals surface area contributed by atoms with E-state index in [1.54, 1.807) is 0 Å². The molecule has 1 aromatic rings. The van der Waals surface area contributed by atoms with Crippen molar-refractivity contribution in [2.45, 2.75) is 58.4 Å². The predicted octanol–water partition coefficient (Wildman–Crippen LogP) is 4.31. The zero-order valence-electron chi connectivity index (χ0n) is 15.4.